The number of benzene rings is 3. The molecular weight excluding hydrogens is 589 g/mol. The van der Waals surface area contributed by atoms with Gasteiger partial charge in [0, 0.05) is 26.2 Å². The number of aromatic nitrogens is 2. The molecule has 0 aliphatic heterocycles. The average molecular weight is 615 g/mol. The van der Waals surface area contributed by atoms with E-state index in [4.69, 9.17) is 32.7 Å². The van der Waals surface area contributed by atoms with Gasteiger partial charge in [-0.25, -0.2) is 0 Å². The molecule has 1 N–H and O–H groups in total. The van der Waals surface area contributed by atoms with E-state index in [0.29, 0.717) is 40.3 Å². The maximum Gasteiger partial charge on any atom is 0.248 e. The third-order valence-electron chi connectivity index (χ3n) is 5.90. The van der Waals surface area contributed by atoms with Crippen LogP contribution in [0.15, 0.2) is 71.2 Å². The lowest BCUT2D eigenvalue weighted by molar-refractivity contribution is -0.111. The minimum absolute atomic E-state index is 0.260. The standard InChI is InChI=1S/C29H26BrCl2N3O3/c1-18-29(19(2)35(34-18)16-21-6-9-24(31)15-26(21)32)33-28(36)13-5-20-4-12-27(37-3)22(14-20)17-38-25-10-7-23(30)8-11-25/h4-15H,16-17H2,1-3H3,(H,33,36)/b13-5-. The number of hydrogen-bond acceptors (Lipinski definition) is 4. The first-order valence-electron chi connectivity index (χ1n) is 11.8. The highest BCUT2D eigenvalue weighted by Crippen LogP contribution is 2.26. The van der Waals surface area contributed by atoms with Gasteiger partial charge in [-0.15, -0.1) is 0 Å². The lowest BCUT2D eigenvalue weighted by Gasteiger charge is -2.11. The molecule has 1 aromatic heterocycles. The second-order valence-electron chi connectivity index (χ2n) is 8.58. The van der Waals surface area contributed by atoms with Crippen molar-refractivity contribution in [3.8, 4) is 11.5 Å². The topological polar surface area (TPSA) is 65.4 Å². The van der Waals surface area contributed by atoms with Crippen molar-refractivity contribution < 1.29 is 14.3 Å². The van der Waals surface area contributed by atoms with Crippen LogP contribution >= 0.6 is 39.1 Å². The van der Waals surface area contributed by atoms with Crippen molar-refractivity contribution in [3.05, 3.63) is 109 Å². The van der Waals surface area contributed by atoms with Crippen LogP contribution in [-0.4, -0.2) is 22.8 Å². The van der Waals surface area contributed by atoms with Crippen LogP contribution < -0.4 is 14.8 Å². The zero-order valence-electron chi connectivity index (χ0n) is 21.1. The number of halogens is 3. The SMILES string of the molecule is COc1ccc(/C=C\C(=O)Nc2c(C)nn(Cc3ccc(Cl)cc3Cl)c2C)cc1COc1ccc(Br)cc1. The fraction of sp³-hybridized carbons (Fsp3) is 0.172. The van der Waals surface area contributed by atoms with Gasteiger partial charge in [0.1, 0.15) is 18.1 Å². The summed E-state index contributed by atoms with van der Waals surface area (Å²) in [6.45, 7) is 4.55. The second-order valence-corrected chi connectivity index (χ2v) is 10.3. The van der Waals surface area contributed by atoms with Gasteiger partial charge < -0.3 is 14.8 Å². The second kappa shape index (κ2) is 12.5. The highest BCUT2D eigenvalue weighted by molar-refractivity contribution is 9.10. The Morgan fingerprint density at radius 1 is 1.05 bits per heavy atom. The van der Waals surface area contributed by atoms with E-state index in [2.05, 4.69) is 26.3 Å². The minimum Gasteiger partial charge on any atom is -0.496 e. The molecule has 0 saturated carbocycles. The van der Waals surface area contributed by atoms with Gasteiger partial charge in [-0.1, -0.05) is 51.3 Å². The first kappa shape index (κ1) is 27.8. The molecule has 0 fully saturated rings. The number of ether oxygens (including phenoxy) is 2. The molecule has 0 unspecified atom stereocenters. The molecule has 0 bridgehead atoms. The van der Waals surface area contributed by atoms with Crippen LogP contribution in [0.25, 0.3) is 6.08 Å². The van der Waals surface area contributed by atoms with Gasteiger partial charge in [0.25, 0.3) is 0 Å². The Bertz CT molecular complexity index is 1480. The summed E-state index contributed by atoms with van der Waals surface area (Å²) in [6, 6.07) is 18.7. The molecule has 9 heteroatoms. The van der Waals surface area contributed by atoms with Crippen molar-refractivity contribution >= 4 is 56.8 Å². The Hall–Kier alpha value is -3.26. The molecule has 196 valence electrons. The van der Waals surface area contributed by atoms with Crippen molar-refractivity contribution in [1.82, 2.24) is 9.78 Å². The van der Waals surface area contributed by atoms with Crippen molar-refractivity contribution in [2.75, 3.05) is 12.4 Å². The number of anilines is 1. The molecule has 3 aromatic carbocycles. The largest absolute Gasteiger partial charge is 0.496 e. The number of nitrogens with one attached hydrogen (secondary N) is 1. The lowest BCUT2D eigenvalue weighted by Crippen LogP contribution is -2.10. The molecule has 0 saturated heterocycles. The van der Waals surface area contributed by atoms with E-state index in [1.165, 1.54) is 6.08 Å². The van der Waals surface area contributed by atoms with Crippen LogP contribution in [0.1, 0.15) is 28.1 Å². The molecule has 0 spiro atoms. The first-order chi connectivity index (χ1) is 18.2. The van der Waals surface area contributed by atoms with Crippen LogP contribution in [0.3, 0.4) is 0 Å². The van der Waals surface area contributed by atoms with Gasteiger partial charge in [0.15, 0.2) is 0 Å². The van der Waals surface area contributed by atoms with Crippen molar-refractivity contribution in [3.63, 3.8) is 0 Å². The van der Waals surface area contributed by atoms with E-state index >= 15 is 0 Å². The Morgan fingerprint density at radius 3 is 2.53 bits per heavy atom. The highest BCUT2D eigenvalue weighted by Gasteiger charge is 2.15. The zero-order valence-corrected chi connectivity index (χ0v) is 24.2. The molecule has 6 nitrogen and oxygen atoms in total. The monoisotopic (exact) mass is 613 g/mol. The number of rotatable bonds is 9. The summed E-state index contributed by atoms with van der Waals surface area (Å²) in [5.41, 5.74) is 4.81. The summed E-state index contributed by atoms with van der Waals surface area (Å²) < 4.78 is 14.2. The fourth-order valence-electron chi connectivity index (χ4n) is 3.89. The van der Waals surface area contributed by atoms with Crippen LogP contribution in [-0.2, 0) is 17.9 Å². The third kappa shape index (κ3) is 6.98. The van der Waals surface area contributed by atoms with Gasteiger partial charge in [-0.3, -0.25) is 9.48 Å². The molecule has 1 heterocycles. The first-order valence-corrected chi connectivity index (χ1v) is 13.3. The Labute approximate surface area is 240 Å². The number of nitrogens with zero attached hydrogens (tertiary/aromatic N) is 2. The van der Waals surface area contributed by atoms with Crippen LogP contribution in [0.4, 0.5) is 5.69 Å². The quantitative estimate of drug-likeness (QED) is 0.195. The maximum atomic E-state index is 12.8. The summed E-state index contributed by atoms with van der Waals surface area (Å²) in [5, 5.41) is 8.67. The number of methoxy groups -OCH3 is 1. The van der Waals surface area contributed by atoms with E-state index in [1.807, 2.05) is 67.1 Å². The molecule has 0 aliphatic carbocycles. The van der Waals surface area contributed by atoms with Crippen molar-refractivity contribution in [1.29, 1.82) is 0 Å². The molecule has 1 amide bonds. The van der Waals surface area contributed by atoms with Gasteiger partial charge >= 0.3 is 0 Å². The Morgan fingerprint density at radius 2 is 1.82 bits per heavy atom. The molecule has 0 aliphatic rings. The maximum absolute atomic E-state index is 12.8. The van der Waals surface area contributed by atoms with E-state index in [1.54, 1.807) is 25.3 Å². The number of amides is 1. The van der Waals surface area contributed by atoms with Gasteiger partial charge in [0.2, 0.25) is 5.91 Å². The minimum atomic E-state index is -0.260. The summed E-state index contributed by atoms with van der Waals surface area (Å²) >= 11 is 15.8. The van der Waals surface area contributed by atoms with Gasteiger partial charge in [-0.05, 0) is 79.6 Å². The van der Waals surface area contributed by atoms with E-state index in [-0.39, 0.29) is 5.91 Å². The molecular formula is C29H26BrCl2N3O3. The molecule has 0 atom stereocenters. The molecule has 4 rings (SSSR count). The third-order valence-corrected chi connectivity index (χ3v) is 7.02. The summed E-state index contributed by atoms with van der Waals surface area (Å²) in [5.74, 6) is 1.20. The predicted octanol–water partition coefficient (Wildman–Crippen LogP) is 7.86. The lowest BCUT2D eigenvalue weighted by atomic mass is 10.1. The van der Waals surface area contributed by atoms with Gasteiger partial charge in [0.05, 0.1) is 30.7 Å². The summed E-state index contributed by atoms with van der Waals surface area (Å²) in [4.78, 5) is 12.8. The van der Waals surface area contributed by atoms with E-state index in [0.717, 1.165) is 32.6 Å². The Kier molecular flexibility index (Phi) is 9.15. The van der Waals surface area contributed by atoms with E-state index < -0.39 is 0 Å². The summed E-state index contributed by atoms with van der Waals surface area (Å²) in [7, 11) is 1.62. The van der Waals surface area contributed by atoms with Crippen molar-refractivity contribution in [2.24, 2.45) is 0 Å². The van der Waals surface area contributed by atoms with Crippen LogP contribution in [0, 0.1) is 13.8 Å². The highest BCUT2D eigenvalue weighted by atomic mass is 79.9. The van der Waals surface area contributed by atoms with Crippen LogP contribution in [0.2, 0.25) is 10.0 Å². The molecule has 4 aromatic rings. The fourth-order valence-corrected chi connectivity index (χ4v) is 4.62. The number of carbonyl (C=O) groups is 1. The smallest absolute Gasteiger partial charge is 0.248 e. The Balaban J connectivity index is 1.44. The molecule has 0 radical (unpaired) electrons. The summed E-state index contributed by atoms with van der Waals surface area (Å²) in [6.07, 6.45) is 3.24. The normalized spacial score (nSPS) is 11.1. The van der Waals surface area contributed by atoms with E-state index in [9.17, 15) is 4.79 Å². The number of aryl methyl sites for hydroxylation is 1. The van der Waals surface area contributed by atoms with Crippen molar-refractivity contribution in [2.45, 2.75) is 27.0 Å². The number of hydrogen-bond donors (Lipinski definition) is 1. The predicted molar refractivity (Wildman–Crippen MR) is 156 cm³/mol. The van der Waals surface area contributed by atoms with Gasteiger partial charge in [-0.2, -0.15) is 5.10 Å². The average Bonchev–Trinajstić information content (AvgIpc) is 3.16. The number of carbonyl (C=O) groups excluding carboxylic acids is 1. The molecule has 38 heavy (non-hydrogen) atoms. The zero-order chi connectivity index (χ0) is 27.2. The van der Waals surface area contributed by atoms with Crippen LogP contribution in [0.5, 0.6) is 11.5 Å².